The van der Waals surface area contributed by atoms with Crippen LogP contribution in [0.25, 0.3) is 0 Å². The Hall–Kier alpha value is 0. The van der Waals surface area contributed by atoms with E-state index < -0.39 is 0 Å². The van der Waals surface area contributed by atoms with Gasteiger partial charge in [0.25, 0.3) is 0 Å². The minimum atomic E-state index is 0.878. The molecule has 0 aliphatic heterocycles. The summed E-state index contributed by atoms with van der Waals surface area (Å²) in [7, 11) is 0. The van der Waals surface area contributed by atoms with Gasteiger partial charge in [0.2, 0.25) is 0 Å². The highest BCUT2D eigenvalue weighted by Crippen LogP contribution is 2.27. The van der Waals surface area contributed by atoms with E-state index in [0.29, 0.717) is 0 Å². The van der Waals surface area contributed by atoms with Crippen molar-refractivity contribution in [2.24, 2.45) is 11.8 Å². The predicted molar refractivity (Wildman–Crippen MR) is 36.5 cm³/mol. The molecule has 1 saturated carbocycles. The lowest BCUT2D eigenvalue weighted by Crippen LogP contribution is -2.13. The zero-order valence-electron chi connectivity index (χ0n) is 5.85. The first-order valence-corrected chi connectivity index (χ1v) is 3.64. The molecule has 1 fully saturated rings. The summed E-state index contributed by atoms with van der Waals surface area (Å²) in [4.78, 5) is 0. The summed E-state index contributed by atoms with van der Waals surface area (Å²) in [6.07, 6.45) is 6.67. The molecule has 0 aromatic rings. The van der Waals surface area contributed by atoms with Gasteiger partial charge in [-0.05, 0) is 24.7 Å². The normalized spacial score (nSPS) is 39.8. The summed E-state index contributed by atoms with van der Waals surface area (Å²) in [6, 6.07) is 0. The third-order valence-corrected chi connectivity index (χ3v) is 2.30. The maximum Gasteiger partial charge on any atom is -0.0355 e. The van der Waals surface area contributed by atoms with Gasteiger partial charge in [0.1, 0.15) is 0 Å². The lowest BCUT2D eigenvalue weighted by molar-refractivity contribution is 0.344. The maximum absolute atomic E-state index is 2.45. The van der Waals surface area contributed by atoms with Crippen molar-refractivity contribution in [1.29, 1.82) is 0 Å². The molecule has 1 aliphatic carbocycles. The fourth-order valence-electron chi connectivity index (χ4n) is 1.32. The van der Waals surface area contributed by atoms with E-state index in [2.05, 4.69) is 20.3 Å². The highest BCUT2D eigenvalue weighted by molar-refractivity contribution is 4.81. The van der Waals surface area contributed by atoms with Crippen LogP contribution in [0.5, 0.6) is 0 Å². The molecule has 8 heavy (non-hydrogen) atoms. The second kappa shape index (κ2) is 2.52. The zero-order valence-corrected chi connectivity index (χ0v) is 5.85. The van der Waals surface area contributed by atoms with Gasteiger partial charge in [0, 0.05) is 0 Å². The van der Waals surface area contributed by atoms with Gasteiger partial charge < -0.3 is 0 Å². The van der Waals surface area contributed by atoms with Crippen molar-refractivity contribution in [3.05, 3.63) is 6.42 Å². The first-order valence-electron chi connectivity index (χ1n) is 3.64. The average molecular weight is 111 g/mol. The molecule has 47 valence electrons. The van der Waals surface area contributed by atoms with Gasteiger partial charge in [0.15, 0.2) is 0 Å². The maximum atomic E-state index is 2.45. The summed E-state index contributed by atoms with van der Waals surface area (Å²) in [5.74, 6) is 1.83. The summed E-state index contributed by atoms with van der Waals surface area (Å²) in [5, 5.41) is 0. The van der Waals surface area contributed by atoms with E-state index in [0.717, 1.165) is 11.8 Å². The molecular weight excluding hydrogens is 96.1 g/mol. The molecular formula is C8H15. The Morgan fingerprint density at radius 3 is 2.50 bits per heavy atom. The third-order valence-electron chi connectivity index (χ3n) is 2.30. The fourth-order valence-corrected chi connectivity index (χ4v) is 1.32. The Kier molecular flexibility index (Phi) is 1.93. The van der Waals surface area contributed by atoms with Crippen molar-refractivity contribution < 1.29 is 0 Å². The number of hydrogen-bond donors (Lipinski definition) is 0. The van der Waals surface area contributed by atoms with Crippen LogP contribution in [0.1, 0.15) is 33.1 Å². The lowest BCUT2D eigenvalue weighted by atomic mass is 9.82. The predicted octanol–water partition coefficient (Wildman–Crippen LogP) is 2.65. The van der Waals surface area contributed by atoms with E-state index in [1.807, 2.05) is 0 Å². The van der Waals surface area contributed by atoms with Crippen LogP contribution in [0.15, 0.2) is 0 Å². The summed E-state index contributed by atoms with van der Waals surface area (Å²) in [6.45, 7) is 4.67. The van der Waals surface area contributed by atoms with E-state index in [1.165, 1.54) is 19.3 Å². The minimum Gasteiger partial charge on any atom is -0.0622 e. The molecule has 0 N–H and O–H groups in total. The standard InChI is InChI=1S/C8H15/c1-7-5-3-4-6-8(7)2/h5,7-8H,3-4,6H2,1-2H3/t7-,8?/m0/s1. The summed E-state index contributed by atoms with van der Waals surface area (Å²) in [5.41, 5.74) is 0. The van der Waals surface area contributed by atoms with Gasteiger partial charge >= 0.3 is 0 Å². The quantitative estimate of drug-likeness (QED) is 0.451. The molecule has 1 rings (SSSR count). The molecule has 0 amide bonds. The van der Waals surface area contributed by atoms with E-state index in [-0.39, 0.29) is 0 Å². The Balaban J connectivity index is 2.28. The highest BCUT2D eigenvalue weighted by atomic mass is 14.2. The monoisotopic (exact) mass is 111 g/mol. The van der Waals surface area contributed by atoms with Gasteiger partial charge in [0.05, 0.1) is 0 Å². The lowest BCUT2D eigenvalue weighted by Gasteiger charge is -2.24. The highest BCUT2D eigenvalue weighted by Gasteiger charge is 2.15. The molecule has 1 aliphatic rings. The molecule has 0 aromatic heterocycles. The number of hydrogen-bond acceptors (Lipinski definition) is 0. The van der Waals surface area contributed by atoms with Crippen LogP contribution in [0.4, 0.5) is 0 Å². The molecule has 0 heteroatoms. The molecule has 0 saturated heterocycles. The third kappa shape index (κ3) is 1.24. The van der Waals surface area contributed by atoms with Gasteiger partial charge in [-0.25, -0.2) is 0 Å². The SMILES string of the molecule is CC1CCC[CH][C@@H]1C. The topological polar surface area (TPSA) is 0 Å². The van der Waals surface area contributed by atoms with E-state index >= 15 is 0 Å². The molecule has 0 spiro atoms. The minimum absolute atomic E-state index is 0.878. The molecule has 0 bridgehead atoms. The Labute approximate surface area is 52.3 Å². The molecule has 1 radical (unpaired) electrons. The molecule has 0 heterocycles. The largest absolute Gasteiger partial charge is 0.0622 e. The van der Waals surface area contributed by atoms with Crippen molar-refractivity contribution in [3.8, 4) is 0 Å². The average Bonchev–Trinajstić information content (AvgIpc) is 1.77. The Morgan fingerprint density at radius 2 is 2.12 bits per heavy atom. The Morgan fingerprint density at radius 1 is 1.38 bits per heavy atom. The van der Waals surface area contributed by atoms with E-state index in [4.69, 9.17) is 0 Å². The smallest absolute Gasteiger partial charge is 0.0355 e. The van der Waals surface area contributed by atoms with Gasteiger partial charge in [-0.1, -0.05) is 26.7 Å². The van der Waals surface area contributed by atoms with Gasteiger partial charge in [-0.2, -0.15) is 0 Å². The van der Waals surface area contributed by atoms with Crippen LogP contribution in [0.3, 0.4) is 0 Å². The van der Waals surface area contributed by atoms with Crippen molar-refractivity contribution in [2.45, 2.75) is 33.1 Å². The zero-order chi connectivity index (χ0) is 5.98. The summed E-state index contributed by atoms with van der Waals surface area (Å²) < 4.78 is 0. The Bertz CT molecular complexity index is 56.4. The summed E-state index contributed by atoms with van der Waals surface area (Å²) >= 11 is 0. The fraction of sp³-hybridized carbons (Fsp3) is 0.875. The molecule has 1 unspecified atom stereocenters. The van der Waals surface area contributed by atoms with Crippen molar-refractivity contribution in [1.82, 2.24) is 0 Å². The van der Waals surface area contributed by atoms with Crippen LogP contribution in [0, 0.1) is 18.3 Å². The first kappa shape index (κ1) is 6.12. The molecule has 2 atom stereocenters. The second-order valence-electron chi connectivity index (χ2n) is 3.00. The van der Waals surface area contributed by atoms with Crippen LogP contribution in [-0.2, 0) is 0 Å². The van der Waals surface area contributed by atoms with Gasteiger partial charge in [-0.15, -0.1) is 0 Å². The van der Waals surface area contributed by atoms with E-state index in [1.54, 1.807) is 0 Å². The van der Waals surface area contributed by atoms with Crippen molar-refractivity contribution in [3.63, 3.8) is 0 Å². The van der Waals surface area contributed by atoms with E-state index in [9.17, 15) is 0 Å². The van der Waals surface area contributed by atoms with Crippen LogP contribution < -0.4 is 0 Å². The van der Waals surface area contributed by atoms with Crippen LogP contribution in [0.2, 0.25) is 0 Å². The second-order valence-corrected chi connectivity index (χ2v) is 3.00. The van der Waals surface area contributed by atoms with Crippen molar-refractivity contribution >= 4 is 0 Å². The first-order chi connectivity index (χ1) is 3.80. The van der Waals surface area contributed by atoms with Gasteiger partial charge in [-0.3, -0.25) is 0 Å². The molecule has 0 aromatic carbocycles. The van der Waals surface area contributed by atoms with Crippen molar-refractivity contribution in [2.75, 3.05) is 0 Å². The van der Waals surface area contributed by atoms with Crippen LogP contribution >= 0.6 is 0 Å². The number of rotatable bonds is 0. The van der Waals surface area contributed by atoms with Crippen LogP contribution in [-0.4, -0.2) is 0 Å². The molecule has 0 nitrogen and oxygen atoms in total.